The number of rotatable bonds is 6. The van der Waals surface area contributed by atoms with Gasteiger partial charge in [-0.1, -0.05) is 5.16 Å². The number of hydrogen-bond donors (Lipinski definition) is 1. The van der Waals surface area contributed by atoms with E-state index in [2.05, 4.69) is 15.5 Å². The molecule has 1 saturated heterocycles. The van der Waals surface area contributed by atoms with E-state index >= 15 is 0 Å². The van der Waals surface area contributed by atoms with Crippen molar-refractivity contribution in [3.63, 3.8) is 0 Å². The van der Waals surface area contributed by atoms with Crippen molar-refractivity contribution in [1.29, 1.82) is 0 Å². The highest BCUT2D eigenvalue weighted by Crippen LogP contribution is 2.27. The minimum atomic E-state index is -1.25. The number of aromatic nitrogens is 2. The van der Waals surface area contributed by atoms with Crippen molar-refractivity contribution in [2.45, 2.75) is 25.4 Å². The molecule has 1 aromatic carbocycles. The summed E-state index contributed by atoms with van der Waals surface area (Å²) in [6.45, 7) is 0.794. The van der Waals surface area contributed by atoms with Crippen molar-refractivity contribution in [1.82, 2.24) is 15.5 Å². The van der Waals surface area contributed by atoms with E-state index < -0.39 is 23.1 Å². The van der Waals surface area contributed by atoms with Gasteiger partial charge in [0.1, 0.15) is 17.4 Å². The van der Waals surface area contributed by atoms with Gasteiger partial charge in [-0.2, -0.15) is 4.98 Å². The Morgan fingerprint density at radius 2 is 2.28 bits per heavy atom. The van der Waals surface area contributed by atoms with Gasteiger partial charge in [0, 0.05) is 19.6 Å². The van der Waals surface area contributed by atoms with Crippen LogP contribution in [0.15, 0.2) is 16.7 Å². The second kappa shape index (κ2) is 7.56. The first-order chi connectivity index (χ1) is 12.1. The van der Waals surface area contributed by atoms with Gasteiger partial charge >= 0.3 is 0 Å². The highest BCUT2D eigenvalue weighted by Gasteiger charge is 2.24. The van der Waals surface area contributed by atoms with Gasteiger partial charge < -0.3 is 19.3 Å². The van der Waals surface area contributed by atoms with Crippen LogP contribution in [0.1, 0.15) is 41.0 Å². The molecule has 0 spiro atoms. The summed E-state index contributed by atoms with van der Waals surface area (Å²) in [7, 11) is 1.27. The first kappa shape index (κ1) is 17.3. The lowest BCUT2D eigenvalue weighted by molar-refractivity contribution is 0.0835. The number of nitrogens with one attached hydrogen (secondary N) is 1. The monoisotopic (exact) mass is 353 g/mol. The molecule has 1 aliphatic rings. The van der Waals surface area contributed by atoms with Gasteiger partial charge in [-0.25, -0.2) is 8.78 Å². The van der Waals surface area contributed by atoms with Crippen LogP contribution >= 0.6 is 0 Å². The maximum Gasteiger partial charge on any atom is 0.258 e. The fourth-order valence-electron chi connectivity index (χ4n) is 2.56. The molecule has 1 amide bonds. The summed E-state index contributed by atoms with van der Waals surface area (Å²) < 4.78 is 42.7. The molecule has 9 heteroatoms. The second-order valence-corrected chi connectivity index (χ2v) is 5.50. The molecule has 3 rings (SSSR count). The topological polar surface area (TPSA) is 86.5 Å². The molecule has 2 heterocycles. The fourth-order valence-corrected chi connectivity index (χ4v) is 2.56. The van der Waals surface area contributed by atoms with Gasteiger partial charge in [0.2, 0.25) is 0 Å². The number of benzene rings is 1. The molecule has 0 saturated carbocycles. The van der Waals surface area contributed by atoms with Crippen molar-refractivity contribution in [2.75, 3.05) is 20.3 Å². The Kier molecular flexibility index (Phi) is 5.22. The SMILES string of the molecule is COc1ccc(F)c(F)c1C(=O)NCCc1noc([C@H]2CCCO2)n1. The molecule has 0 unspecified atom stereocenters. The molecule has 0 bridgehead atoms. The summed E-state index contributed by atoms with van der Waals surface area (Å²) in [6, 6.07) is 2.09. The van der Waals surface area contributed by atoms with E-state index in [0.717, 1.165) is 18.9 Å². The van der Waals surface area contributed by atoms with Gasteiger partial charge in [-0.05, 0) is 25.0 Å². The summed E-state index contributed by atoms with van der Waals surface area (Å²) in [5.74, 6) is -2.38. The molecule has 134 valence electrons. The van der Waals surface area contributed by atoms with Crippen LogP contribution < -0.4 is 10.1 Å². The third-order valence-corrected chi connectivity index (χ3v) is 3.83. The zero-order valence-electron chi connectivity index (χ0n) is 13.6. The molecule has 0 radical (unpaired) electrons. The Morgan fingerprint density at radius 1 is 1.44 bits per heavy atom. The normalized spacial score (nSPS) is 16.8. The zero-order chi connectivity index (χ0) is 17.8. The van der Waals surface area contributed by atoms with Crippen LogP contribution in [-0.4, -0.2) is 36.3 Å². The highest BCUT2D eigenvalue weighted by atomic mass is 19.2. The van der Waals surface area contributed by atoms with E-state index in [-0.39, 0.29) is 24.8 Å². The Bertz CT molecular complexity index is 760. The molecule has 1 fully saturated rings. The molecule has 1 N–H and O–H groups in total. The van der Waals surface area contributed by atoms with Crippen LogP contribution in [0.4, 0.5) is 8.78 Å². The maximum atomic E-state index is 13.9. The minimum Gasteiger partial charge on any atom is -0.496 e. The lowest BCUT2D eigenvalue weighted by atomic mass is 10.1. The Balaban J connectivity index is 1.59. The average molecular weight is 353 g/mol. The van der Waals surface area contributed by atoms with Gasteiger partial charge in [0.25, 0.3) is 11.8 Å². The molecular weight excluding hydrogens is 336 g/mol. The molecule has 1 aromatic heterocycles. The molecule has 2 aromatic rings. The zero-order valence-corrected chi connectivity index (χ0v) is 13.6. The minimum absolute atomic E-state index is 0.0448. The van der Waals surface area contributed by atoms with Gasteiger partial charge in [0.15, 0.2) is 17.5 Å². The first-order valence-electron chi connectivity index (χ1n) is 7.84. The predicted octanol–water partition coefficient (Wildman–Crippen LogP) is 2.18. The van der Waals surface area contributed by atoms with Crippen molar-refractivity contribution in [2.24, 2.45) is 0 Å². The van der Waals surface area contributed by atoms with Crippen LogP contribution in [0.3, 0.4) is 0 Å². The van der Waals surface area contributed by atoms with Crippen molar-refractivity contribution < 1.29 is 27.6 Å². The van der Waals surface area contributed by atoms with E-state index in [1.807, 2.05) is 0 Å². The predicted molar refractivity (Wildman–Crippen MR) is 81.2 cm³/mol. The third-order valence-electron chi connectivity index (χ3n) is 3.83. The number of carbonyl (C=O) groups excluding carboxylic acids is 1. The van der Waals surface area contributed by atoms with E-state index in [9.17, 15) is 13.6 Å². The number of amides is 1. The van der Waals surface area contributed by atoms with Crippen molar-refractivity contribution in [3.8, 4) is 5.75 Å². The Labute approximate surface area is 142 Å². The quantitative estimate of drug-likeness (QED) is 0.857. The average Bonchev–Trinajstić information content (AvgIpc) is 3.28. The summed E-state index contributed by atoms with van der Waals surface area (Å²) in [6.07, 6.45) is 1.87. The van der Waals surface area contributed by atoms with Gasteiger partial charge in [-0.15, -0.1) is 0 Å². The molecule has 0 aliphatic carbocycles. The van der Waals surface area contributed by atoms with Gasteiger partial charge in [-0.3, -0.25) is 4.79 Å². The highest BCUT2D eigenvalue weighted by molar-refractivity contribution is 5.97. The number of ether oxygens (including phenoxy) is 2. The number of halogens is 2. The first-order valence-corrected chi connectivity index (χ1v) is 7.84. The summed E-state index contributed by atoms with van der Waals surface area (Å²) in [5, 5.41) is 6.31. The summed E-state index contributed by atoms with van der Waals surface area (Å²) in [4.78, 5) is 16.3. The van der Waals surface area contributed by atoms with Crippen LogP contribution in [0.5, 0.6) is 5.75 Å². The van der Waals surface area contributed by atoms with E-state index in [4.69, 9.17) is 14.0 Å². The fraction of sp³-hybridized carbons (Fsp3) is 0.438. The molecule has 1 aliphatic heterocycles. The van der Waals surface area contributed by atoms with Crippen molar-refractivity contribution >= 4 is 5.91 Å². The number of carbonyl (C=O) groups is 1. The lowest BCUT2D eigenvalue weighted by Crippen LogP contribution is -2.27. The van der Waals surface area contributed by atoms with Crippen LogP contribution in [0.25, 0.3) is 0 Å². The second-order valence-electron chi connectivity index (χ2n) is 5.50. The molecule has 1 atom stereocenters. The number of methoxy groups -OCH3 is 1. The van der Waals surface area contributed by atoms with Crippen LogP contribution in [0, 0.1) is 11.6 Å². The third kappa shape index (κ3) is 3.76. The van der Waals surface area contributed by atoms with E-state index in [0.29, 0.717) is 18.3 Å². The summed E-state index contributed by atoms with van der Waals surface area (Å²) in [5.41, 5.74) is -0.476. The molecule has 7 nitrogen and oxygen atoms in total. The maximum absolute atomic E-state index is 13.9. The van der Waals surface area contributed by atoms with Crippen LogP contribution in [0.2, 0.25) is 0 Å². The van der Waals surface area contributed by atoms with Crippen LogP contribution in [-0.2, 0) is 11.2 Å². The van der Waals surface area contributed by atoms with E-state index in [1.165, 1.54) is 13.2 Å². The smallest absolute Gasteiger partial charge is 0.258 e. The largest absolute Gasteiger partial charge is 0.496 e. The number of nitrogens with zero attached hydrogens (tertiary/aromatic N) is 2. The lowest BCUT2D eigenvalue weighted by Gasteiger charge is -2.10. The standard InChI is InChI=1S/C16H17F2N3O4/c1-23-10-5-4-9(17)14(18)13(10)15(22)19-7-6-12-20-16(25-21-12)11-3-2-8-24-11/h4-5,11H,2-3,6-8H2,1H3,(H,19,22)/t11-/m1/s1. The van der Waals surface area contributed by atoms with E-state index in [1.54, 1.807) is 0 Å². The summed E-state index contributed by atoms with van der Waals surface area (Å²) >= 11 is 0. The molecular formula is C16H17F2N3O4. The number of hydrogen-bond acceptors (Lipinski definition) is 6. The molecule has 25 heavy (non-hydrogen) atoms. The van der Waals surface area contributed by atoms with Gasteiger partial charge in [0.05, 0.1) is 7.11 Å². The van der Waals surface area contributed by atoms with Crippen molar-refractivity contribution in [3.05, 3.63) is 41.0 Å². The Hall–Kier alpha value is -2.55. The Morgan fingerprint density at radius 3 is 3.00 bits per heavy atom.